The fraction of sp³-hybridized carbons (Fsp3) is 0.588. The van der Waals surface area contributed by atoms with Crippen molar-refractivity contribution in [3.63, 3.8) is 0 Å². The molecule has 3 rings (SSSR count). The van der Waals surface area contributed by atoms with E-state index in [1.807, 2.05) is 0 Å². The maximum atomic E-state index is 4.77. The fourth-order valence-corrected chi connectivity index (χ4v) is 3.08. The lowest BCUT2D eigenvalue weighted by Crippen LogP contribution is -2.38. The third-order valence-corrected chi connectivity index (χ3v) is 4.45. The van der Waals surface area contributed by atoms with E-state index in [0.29, 0.717) is 6.54 Å². The van der Waals surface area contributed by atoms with E-state index in [-0.39, 0.29) is 24.0 Å². The average Bonchev–Trinajstić information content (AvgIpc) is 3.18. The van der Waals surface area contributed by atoms with Crippen LogP contribution in [0.25, 0.3) is 0 Å². The number of fused-ring (bicyclic) bond motifs is 1. The van der Waals surface area contributed by atoms with Crippen LogP contribution in [0.1, 0.15) is 37.1 Å². The number of hydrogen-bond acceptors (Lipinski definition) is 3. The zero-order valence-corrected chi connectivity index (χ0v) is 17.6. The molecule has 8 heteroatoms. The molecule has 2 aromatic rings. The van der Waals surface area contributed by atoms with Gasteiger partial charge in [-0.1, -0.05) is 0 Å². The number of guanidine groups is 1. The maximum absolute atomic E-state index is 4.77. The van der Waals surface area contributed by atoms with Gasteiger partial charge in [0.15, 0.2) is 11.8 Å². The Morgan fingerprint density at radius 3 is 2.92 bits per heavy atom. The summed E-state index contributed by atoms with van der Waals surface area (Å²) in [6.45, 7) is 5.32. The Labute approximate surface area is 166 Å². The lowest BCUT2D eigenvalue weighted by molar-refractivity contribution is 0.460. The van der Waals surface area contributed by atoms with Crippen LogP contribution in [0.4, 0.5) is 0 Å². The first-order valence-corrected chi connectivity index (χ1v) is 8.69. The van der Waals surface area contributed by atoms with Crippen LogP contribution in [-0.2, 0) is 33.1 Å². The van der Waals surface area contributed by atoms with Crippen molar-refractivity contribution < 1.29 is 0 Å². The van der Waals surface area contributed by atoms with Gasteiger partial charge in [-0.05, 0) is 31.9 Å². The lowest BCUT2D eigenvalue weighted by atomic mass is 10.2. The van der Waals surface area contributed by atoms with Gasteiger partial charge >= 0.3 is 0 Å². The molecule has 1 aliphatic rings. The summed E-state index contributed by atoms with van der Waals surface area (Å²) < 4.78 is 4.36. The summed E-state index contributed by atoms with van der Waals surface area (Å²) >= 11 is 0. The highest BCUT2D eigenvalue weighted by Crippen LogP contribution is 2.14. The molecule has 0 amide bonds. The van der Waals surface area contributed by atoms with Crippen LogP contribution >= 0.6 is 24.0 Å². The molecule has 0 fully saturated rings. The van der Waals surface area contributed by atoms with Crippen LogP contribution in [0.5, 0.6) is 0 Å². The first-order chi connectivity index (χ1) is 11.7. The van der Waals surface area contributed by atoms with Crippen LogP contribution in [-0.4, -0.2) is 43.8 Å². The van der Waals surface area contributed by atoms with E-state index < -0.39 is 0 Å². The van der Waals surface area contributed by atoms with Gasteiger partial charge in [0.05, 0.1) is 6.54 Å². The van der Waals surface area contributed by atoms with E-state index in [4.69, 9.17) is 4.99 Å². The third kappa shape index (κ3) is 4.74. The van der Waals surface area contributed by atoms with Crippen LogP contribution < -0.4 is 5.32 Å². The van der Waals surface area contributed by atoms with E-state index in [2.05, 4.69) is 68.9 Å². The summed E-state index contributed by atoms with van der Waals surface area (Å²) in [5, 5.41) is 12.0. The summed E-state index contributed by atoms with van der Waals surface area (Å²) in [5.74, 6) is 2.97. The first kappa shape index (κ1) is 19.7. The fourth-order valence-electron chi connectivity index (χ4n) is 3.08. The van der Waals surface area contributed by atoms with E-state index in [1.54, 1.807) is 0 Å². The normalized spacial score (nSPS) is 14.0. The molecular weight excluding hydrogens is 429 g/mol. The molecule has 0 saturated carbocycles. The predicted octanol–water partition coefficient (Wildman–Crippen LogP) is 2.17. The van der Waals surface area contributed by atoms with E-state index >= 15 is 0 Å². The number of rotatable bonds is 5. The summed E-state index contributed by atoms with van der Waals surface area (Å²) in [4.78, 5) is 6.92. The smallest absolute Gasteiger partial charge is 0.194 e. The second-order valence-corrected chi connectivity index (χ2v) is 6.28. The molecule has 0 radical (unpaired) electrons. The summed E-state index contributed by atoms with van der Waals surface area (Å²) in [5.41, 5.74) is 1.25. The SMILES string of the molecule is CCNC(=NCc1nnc2n1CCCC2)N(C)Cc1cccn1C.I. The van der Waals surface area contributed by atoms with Gasteiger partial charge in [-0.2, -0.15) is 0 Å². The molecule has 138 valence electrons. The van der Waals surface area contributed by atoms with Crippen LogP contribution in [0.2, 0.25) is 0 Å². The molecule has 0 aromatic carbocycles. The molecule has 2 aromatic heterocycles. The lowest BCUT2D eigenvalue weighted by Gasteiger charge is -2.22. The average molecular weight is 457 g/mol. The zero-order valence-electron chi connectivity index (χ0n) is 15.3. The summed E-state index contributed by atoms with van der Waals surface area (Å²) in [6, 6.07) is 4.20. The Kier molecular flexibility index (Phi) is 7.27. The maximum Gasteiger partial charge on any atom is 0.194 e. The van der Waals surface area contributed by atoms with E-state index in [9.17, 15) is 0 Å². The van der Waals surface area contributed by atoms with Crippen LogP contribution in [0.3, 0.4) is 0 Å². The number of halogens is 1. The minimum absolute atomic E-state index is 0. The van der Waals surface area contributed by atoms with Gasteiger partial charge in [0.1, 0.15) is 12.4 Å². The number of aromatic nitrogens is 4. The van der Waals surface area contributed by atoms with Crippen LogP contribution in [0, 0.1) is 0 Å². The molecule has 25 heavy (non-hydrogen) atoms. The molecule has 0 bridgehead atoms. The van der Waals surface area contributed by atoms with Crippen molar-refractivity contribution in [2.75, 3.05) is 13.6 Å². The Morgan fingerprint density at radius 1 is 1.36 bits per heavy atom. The van der Waals surface area contributed by atoms with Crippen molar-refractivity contribution in [2.24, 2.45) is 12.0 Å². The highest BCUT2D eigenvalue weighted by atomic mass is 127. The summed E-state index contributed by atoms with van der Waals surface area (Å²) in [6.07, 6.45) is 5.51. The van der Waals surface area contributed by atoms with Gasteiger partial charge in [0, 0.05) is 45.5 Å². The molecule has 0 aliphatic carbocycles. The van der Waals surface area contributed by atoms with Crippen molar-refractivity contribution in [3.05, 3.63) is 35.7 Å². The molecule has 0 atom stereocenters. The Balaban J connectivity index is 0.00000225. The number of aliphatic imine (C=N–C) groups is 1. The number of hydrogen-bond donors (Lipinski definition) is 1. The van der Waals surface area contributed by atoms with Crippen molar-refractivity contribution in [1.29, 1.82) is 0 Å². The Bertz CT molecular complexity index is 704. The molecule has 0 saturated heterocycles. The van der Waals surface area contributed by atoms with E-state index in [0.717, 1.165) is 43.7 Å². The number of nitrogens with one attached hydrogen (secondary N) is 1. The first-order valence-electron chi connectivity index (χ1n) is 8.69. The Hall–Kier alpha value is -1.58. The van der Waals surface area contributed by atoms with Gasteiger partial charge in [-0.3, -0.25) is 0 Å². The Morgan fingerprint density at radius 2 is 2.20 bits per heavy atom. The number of aryl methyl sites for hydroxylation is 2. The van der Waals surface area contributed by atoms with Crippen molar-refractivity contribution in [3.8, 4) is 0 Å². The standard InChI is InChI=1S/C17H27N7.HI/c1-4-18-17(23(3)13-14-8-7-10-22(14)2)19-12-16-21-20-15-9-5-6-11-24(15)16;/h7-8,10H,4-6,9,11-13H2,1-3H3,(H,18,19);1H. The van der Waals surface area contributed by atoms with Gasteiger partial charge in [-0.25, -0.2) is 4.99 Å². The quantitative estimate of drug-likeness (QED) is 0.425. The zero-order chi connectivity index (χ0) is 16.9. The monoisotopic (exact) mass is 457 g/mol. The van der Waals surface area contributed by atoms with Gasteiger partial charge in [0.2, 0.25) is 0 Å². The number of nitrogens with zero attached hydrogens (tertiary/aromatic N) is 6. The molecule has 0 unspecified atom stereocenters. The minimum Gasteiger partial charge on any atom is -0.357 e. The van der Waals surface area contributed by atoms with E-state index in [1.165, 1.54) is 18.5 Å². The molecule has 1 aliphatic heterocycles. The highest BCUT2D eigenvalue weighted by Gasteiger charge is 2.16. The molecule has 0 spiro atoms. The van der Waals surface area contributed by atoms with Crippen LogP contribution in [0.15, 0.2) is 23.3 Å². The van der Waals surface area contributed by atoms with Crippen molar-refractivity contribution in [1.82, 2.24) is 29.5 Å². The minimum atomic E-state index is 0. The predicted molar refractivity (Wildman–Crippen MR) is 110 cm³/mol. The molecule has 1 N–H and O–H groups in total. The third-order valence-electron chi connectivity index (χ3n) is 4.45. The molecule has 3 heterocycles. The van der Waals surface area contributed by atoms with Gasteiger partial charge in [0.25, 0.3) is 0 Å². The molecule has 7 nitrogen and oxygen atoms in total. The van der Waals surface area contributed by atoms with Gasteiger partial charge in [-0.15, -0.1) is 34.2 Å². The topological polar surface area (TPSA) is 63.3 Å². The van der Waals surface area contributed by atoms with Crippen molar-refractivity contribution >= 4 is 29.9 Å². The second kappa shape index (κ2) is 9.21. The van der Waals surface area contributed by atoms with Crippen molar-refractivity contribution in [2.45, 2.75) is 45.8 Å². The largest absolute Gasteiger partial charge is 0.357 e. The molecular formula is C17H28IN7. The second-order valence-electron chi connectivity index (χ2n) is 6.28. The highest BCUT2D eigenvalue weighted by molar-refractivity contribution is 14.0. The summed E-state index contributed by atoms with van der Waals surface area (Å²) in [7, 11) is 4.13. The van der Waals surface area contributed by atoms with Gasteiger partial charge < -0.3 is 19.4 Å².